The Hall–Kier alpha value is -1.07. The molecule has 0 amide bonds. The van der Waals surface area contributed by atoms with Crippen LogP contribution in [0.2, 0.25) is 0 Å². The van der Waals surface area contributed by atoms with Crippen molar-refractivity contribution in [3.63, 3.8) is 0 Å². The number of nitrogens with zero attached hydrogens (tertiary/aromatic N) is 2. The summed E-state index contributed by atoms with van der Waals surface area (Å²) in [4.78, 5) is 4.29. The summed E-state index contributed by atoms with van der Waals surface area (Å²) in [6.45, 7) is 9.36. The minimum atomic E-state index is 0.243. The summed E-state index contributed by atoms with van der Waals surface area (Å²) in [6, 6.07) is 0.243. The SMILES string of the molecule is COCC(C)Nc1nccn1CCOCC(C)C. The molecular formula is C13H25N3O2. The van der Waals surface area contributed by atoms with Crippen LogP contribution in [0.1, 0.15) is 20.8 Å². The van der Waals surface area contributed by atoms with E-state index < -0.39 is 0 Å². The molecule has 1 aromatic rings. The van der Waals surface area contributed by atoms with Crippen LogP contribution in [-0.4, -0.2) is 42.5 Å². The first-order chi connectivity index (χ1) is 8.63. The van der Waals surface area contributed by atoms with Gasteiger partial charge in [-0.3, -0.25) is 0 Å². The quantitative estimate of drug-likeness (QED) is 0.686. The lowest BCUT2D eigenvalue weighted by atomic mass is 10.2. The predicted octanol–water partition coefficient (Wildman–Crippen LogP) is 2.00. The van der Waals surface area contributed by atoms with Crippen molar-refractivity contribution in [3.8, 4) is 0 Å². The van der Waals surface area contributed by atoms with E-state index in [1.54, 1.807) is 13.3 Å². The Balaban J connectivity index is 2.35. The van der Waals surface area contributed by atoms with Gasteiger partial charge in [-0.2, -0.15) is 0 Å². The summed E-state index contributed by atoms with van der Waals surface area (Å²) in [5.41, 5.74) is 0. The van der Waals surface area contributed by atoms with Crippen molar-refractivity contribution in [1.82, 2.24) is 9.55 Å². The zero-order valence-corrected chi connectivity index (χ0v) is 11.8. The second-order valence-electron chi connectivity index (χ2n) is 4.91. The van der Waals surface area contributed by atoms with Gasteiger partial charge < -0.3 is 19.4 Å². The number of rotatable bonds is 9. The van der Waals surface area contributed by atoms with E-state index in [9.17, 15) is 0 Å². The van der Waals surface area contributed by atoms with Gasteiger partial charge in [0.05, 0.1) is 13.2 Å². The molecule has 1 heterocycles. The van der Waals surface area contributed by atoms with E-state index in [4.69, 9.17) is 9.47 Å². The first-order valence-corrected chi connectivity index (χ1v) is 6.47. The van der Waals surface area contributed by atoms with E-state index in [0.717, 1.165) is 19.1 Å². The van der Waals surface area contributed by atoms with Gasteiger partial charge in [0.1, 0.15) is 0 Å². The minimum Gasteiger partial charge on any atom is -0.383 e. The molecule has 1 unspecified atom stereocenters. The Bertz CT molecular complexity index is 326. The number of aromatic nitrogens is 2. The van der Waals surface area contributed by atoms with Crippen LogP contribution in [0, 0.1) is 5.92 Å². The normalized spacial score (nSPS) is 12.9. The summed E-state index contributed by atoms with van der Waals surface area (Å²) in [6.07, 6.45) is 3.75. The number of anilines is 1. The van der Waals surface area contributed by atoms with Gasteiger partial charge in [-0.25, -0.2) is 4.98 Å². The van der Waals surface area contributed by atoms with Gasteiger partial charge in [-0.05, 0) is 12.8 Å². The van der Waals surface area contributed by atoms with Crippen LogP contribution >= 0.6 is 0 Å². The third-order valence-electron chi connectivity index (χ3n) is 2.44. The largest absolute Gasteiger partial charge is 0.383 e. The Kier molecular flexibility index (Phi) is 6.75. The summed E-state index contributed by atoms with van der Waals surface area (Å²) in [5, 5.41) is 3.31. The lowest BCUT2D eigenvalue weighted by molar-refractivity contribution is 0.103. The van der Waals surface area contributed by atoms with Gasteiger partial charge in [-0.1, -0.05) is 13.8 Å². The molecule has 5 heteroatoms. The first kappa shape index (κ1) is 15.0. The zero-order valence-electron chi connectivity index (χ0n) is 11.8. The predicted molar refractivity (Wildman–Crippen MR) is 72.8 cm³/mol. The third kappa shape index (κ3) is 5.51. The van der Waals surface area contributed by atoms with Gasteiger partial charge in [0.25, 0.3) is 0 Å². The standard InChI is InChI=1S/C13H25N3O2/c1-11(2)9-18-8-7-16-6-5-14-13(16)15-12(3)10-17-4/h5-6,11-12H,7-10H2,1-4H3,(H,14,15). The molecule has 18 heavy (non-hydrogen) atoms. The Morgan fingerprint density at radius 3 is 2.78 bits per heavy atom. The van der Waals surface area contributed by atoms with Crippen molar-refractivity contribution >= 4 is 5.95 Å². The third-order valence-corrected chi connectivity index (χ3v) is 2.44. The van der Waals surface area contributed by atoms with Gasteiger partial charge in [0, 0.05) is 38.7 Å². The summed E-state index contributed by atoms with van der Waals surface area (Å²) in [7, 11) is 1.70. The fourth-order valence-electron chi connectivity index (χ4n) is 1.62. The molecule has 0 aromatic carbocycles. The van der Waals surface area contributed by atoms with Crippen molar-refractivity contribution in [2.24, 2.45) is 5.92 Å². The summed E-state index contributed by atoms with van der Waals surface area (Å²) >= 11 is 0. The van der Waals surface area contributed by atoms with Gasteiger partial charge >= 0.3 is 0 Å². The van der Waals surface area contributed by atoms with Crippen LogP contribution in [0.25, 0.3) is 0 Å². The maximum Gasteiger partial charge on any atom is 0.203 e. The lowest BCUT2D eigenvalue weighted by Gasteiger charge is -2.15. The van der Waals surface area contributed by atoms with E-state index in [0.29, 0.717) is 19.1 Å². The minimum absolute atomic E-state index is 0.243. The molecule has 1 N–H and O–H groups in total. The molecule has 0 bridgehead atoms. The molecule has 0 fully saturated rings. The number of hydrogen-bond donors (Lipinski definition) is 1. The second kappa shape index (κ2) is 8.11. The molecule has 5 nitrogen and oxygen atoms in total. The summed E-state index contributed by atoms with van der Waals surface area (Å²) < 4.78 is 12.7. The molecule has 0 saturated heterocycles. The molecule has 1 aromatic heterocycles. The van der Waals surface area contributed by atoms with Crippen LogP contribution in [0.3, 0.4) is 0 Å². The average Bonchev–Trinajstić information content (AvgIpc) is 2.72. The maximum absolute atomic E-state index is 5.57. The second-order valence-corrected chi connectivity index (χ2v) is 4.91. The Morgan fingerprint density at radius 1 is 1.33 bits per heavy atom. The van der Waals surface area contributed by atoms with Gasteiger partial charge in [0.2, 0.25) is 5.95 Å². The van der Waals surface area contributed by atoms with Crippen LogP contribution in [-0.2, 0) is 16.0 Å². The highest BCUT2D eigenvalue weighted by molar-refractivity contribution is 5.27. The fourth-order valence-corrected chi connectivity index (χ4v) is 1.62. The van der Waals surface area contributed by atoms with Crippen molar-refractivity contribution in [2.75, 3.05) is 32.2 Å². The highest BCUT2D eigenvalue weighted by atomic mass is 16.5. The number of ether oxygens (including phenoxy) is 2. The molecule has 104 valence electrons. The molecule has 0 radical (unpaired) electrons. The number of methoxy groups -OCH3 is 1. The highest BCUT2D eigenvalue weighted by Crippen LogP contribution is 2.06. The molecule has 0 aliphatic carbocycles. The van der Waals surface area contributed by atoms with Crippen LogP contribution < -0.4 is 5.32 Å². The topological polar surface area (TPSA) is 48.3 Å². The first-order valence-electron chi connectivity index (χ1n) is 6.47. The molecule has 0 aliphatic heterocycles. The van der Waals surface area contributed by atoms with Crippen LogP contribution in [0.5, 0.6) is 0 Å². The van der Waals surface area contributed by atoms with Crippen molar-refractivity contribution < 1.29 is 9.47 Å². The van der Waals surface area contributed by atoms with E-state index in [-0.39, 0.29) is 6.04 Å². The van der Waals surface area contributed by atoms with Crippen molar-refractivity contribution in [1.29, 1.82) is 0 Å². The van der Waals surface area contributed by atoms with Gasteiger partial charge in [-0.15, -0.1) is 0 Å². The van der Waals surface area contributed by atoms with Crippen LogP contribution in [0.15, 0.2) is 12.4 Å². The van der Waals surface area contributed by atoms with Crippen LogP contribution in [0.4, 0.5) is 5.95 Å². The Morgan fingerprint density at radius 2 is 2.11 bits per heavy atom. The number of nitrogens with one attached hydrogen (secondary N) is 1. The molecule has 0 spiro atoms. The monoisotopic (exact) mass is 255 g/mol. The maximum atomic E-state index is 5.57. The lowest BCUT2D eigenvalue weighted by Crippen LogP contribution is -2.23. The average molecular weight is 255 g/mol. The van der Waals surface area contributed by atoms with E-state index in [1.807, 2.05) is 6.20 Å². The molecule has 1 rings (SSSR count). The van der Waals surface area contributed by atoms with E-state index in [2.05, 4.69) is 35.6 Å². The van der Waals surface area contributed by atoms with Crippen molar-refractivity contribution in [3.05, 3.63) is 12.4 Å². The number of imidazole rings is 1. The zero-order chi connectivity index (χ0) is 13.4. The fraction of sp³-hybridized carbons (Fsp3) is 0.769. The molecule has 0 aliphatic rings. The highest BCUT2D eigenvalue weighted by Gasteiger charge is 2.06. The van der Waals surface area contributed by atoms with Gasteiger partial charge in [0.15, 0.2) is 0 Å². The van der Waals surface area contributed by atoms with Crippen molar-refractivity contribution in [2.45, 2.75) is 33.4 Å². The smallest absolute Gasteiger partial charge is 0.203 e. The van der Waals surface area contributed by atoms with E-state index >= 15 is 0 Å². The summed E-state index contributed by atoms with van der Waals surface area (Å²) in [5.74, 6) is 1.44. The van der Waals surface area contributed by atoms with E-state index in [1.165, 1.54) is 0 Å². The Labute approximate surface area is 109 Å². The number of hydrogen-bond acceptors (Lipinski definition) is 4. The molecular weight excluding hydrogens is 230 g/mol. The molecule has 1 atom stereocenters. The molecule has 0 saturated carbocycles.